The quantitative estimate of drug-likeness (QED) is 0.281. The van der Waals surface area contributed by atoms with Crippen LogP contribution in [0, 0.1) is 0 Å². The van der Waals surface area contributed by atoms with E-state index in [1.807, 2.05) is 22.9 Å². The van der Waals surface area contributed by atoms with Crippen LogP contribution >= 0.6 is 11.3 Å². The minimum absolute atomic E-state index is 0.0346. The van der Waals surface area contributed by atoms with Crippen molar-refractivity contribution in [3.63, 3.8) is 0 Å². The molecule has 3 nitrogen and oxygen atoms in total. The first-order chi connectivity index (χ1) is 19.4. The second kappa shape index (κ2) is 11.3. The Labute approximate surface area is 238 Å². The first-order valence-electron chi connectivity index (χ1n) is 13.5. The summed E-state index contributed by atoms with van der Waals surface area (Å²) in [5.74, 6) is -1.01. The average molecular weight is 593 g/mol. The zero-order chi connectivity index (χ0) is 29.4. The van der Waals surface area contributed by atoms with Crippen LogP contribution in [0.25, 0.3) is 6.08 Å². The number of fused-ring (bicyclic) bond motifs is 2. The maximum atomic E-state index is 13.4. The second-order valence-electron chi connectivity index (χ2n) is 10.9. The molecule has 1 N–H and O–H groups in total. The molecule has 2 atom stereocenters. The lowest BCUT2D eigenvalue weighted by Gasteiger charge is -2.39. The number of carbonyl (C=O) groups excluding carboxylic acids is 1. The average Bonchev–Trinajstić information content (AvgIpc) is 3.58. The van der Waals surface area contributed by atoms with Crippen LogP contribution < -0.4 is 5.32 Å². The fourth-order valence-electron chi connectivity index (χ4n) is 5.91. The largest absolute Gasteiger partial charge is 0.416 e. The third kappa shape index (κ3) is 6.38. The Morgan fingerprint density at radius 2 is 1.63 bits per heavy atom. The van der Waals surface area contributed by atoms with E-state index in [0.29, 0.717) is 25.1 Å². The van der Waals surface area contributed by atoms with Crippen molar-refractivity contribution in [3.8, 4) is 0 Å². The number of thiophene rings is 1. The van der Waals surface area contributed by atoms with E-state index in [4.69, 9.17) is 0 Å². The normalized spacial score (nSPS) is 18.3. The van der Waals surface area contributed by atoms with Crippen molar-refractivity contribution >= 4 is 23.3 Å². The summed E-state index contributed by atoms with van der Waals surface area (Å²) in [5, 5.41) is 6.38. The molecular formula is C31H30F6N2OS. The van der Waals surface area contributed by atoms with Crippen LogP contribution in [0.15, 0.2) is 65.4 Å². The van der Waals surface area contributed by atoms with Gasteiger partial charge in [0.05, 0.1) is 23.1 Å². The third-order valence-corrected chi connectivity index (χ3v) is 8.99. The summed E-state index contributed by atoms with van der Waals surface area (Å²) < 4.78 is 80.2. The van der Waals surface area contributed by atoms with Crippen molar-refractivity contribution in [1.82, 2.24) is 10.2 Å². The van der Waals surface area contributed by atoms with Gasteiger partial charge in [-0.3, -0.25) is 4.79 Å². The number of nitrogens with zero attached hydrogens (tertiary/aromatic N) is 1. The lowest BCUT2D eigenvalue weighted by Crippen LogP contribution is -2.42. The van der Waals surface area contributed by atoms with Crippen LogP contribution in [-0.2, 0) is 22.6 Å². The topological polar surface area (TPSA) is 32.3 Å². The fraction of sp³-hybridized carbons (Fsp3) is 0.387. The number of amides is 1. The van der Waals surface area contributed by atoms with E-state index in [-0.39, 0.29) is 17.0 Å². The summed E-state index contributed by atoms with van der Waals surface area (Å²) in [4.78, 5) is 15.7. The highest BCUT2D eigenvalue weighted by atomic mass is 32.1. The van der Waals surface area contributed by atoms with Gasteiger partial charge in [0.1, 0.15) is 0 Å². The summed E-state index contributed by atoms with van der Waals surface area (Å²) in [5.41, 5.74) is 0.365. The van der Waals surface area contributed by atoms with E-state index in [1.165, 1.54) is 29.4 Å². The predicted octanol–water partition coefficient (Wildman–Crippen LogP) is 8.20. The molecule has 1 aromatic heterocycles. The third-order valence-electron chi connectivity index (χ3n) is 8.29. The van der Waals surface area contributed by atoms with Gasteiger partial charge in [0, 0.05) is 5.41 Å². The molecule has 1 fully saturated rings. The molecule has 218 valence electrons. The van der Waals surface area contributed by atoms with E-state index in [1.54, 1.807) is 0 Å². The fourth-order valence-corrected chi connectivity index (χ4v) is 6.62. The summed E-state index contributed by atoms with van der Waals surface area (Å²) in [6.45, 7) is 3.76. The van der Waals surface area contributed by atoms with Gasteiger partial charge in [-0.25, -0.2) is 0 Å². The number of piperidine rings is 1. The van der Waals surface area contributed by atoms with E-state index < -0.39 is 41.3 Å². The summed E-state index contributed by atoms with van der Waals surface area (Å²) >= 11 is 1.43. The van der Waals surface area contributed by atoms with Crippen molar-refractivity contribution in [3.05, 3.63) is 98.7 Å². The molecule has 3 aromatic rings. The van der Waals surface area contributed by atoms with Crippen LogP contribution in [0.3, 0.4) is 0 Å². The molecule has 1 amide bonds. The Morgan fingerprint density at radius 3 is 2.24 bits per heavy atom. The summed E-state index contributed by atoms with van der Waals surface area (Å²) in [7, 11) is 0. The van der Waals surface area contributed by atoms with Crippen LogP contribution in [0.4, 0.5) is 26.3 Å². The SMILES string of the molecule is CC(NC(=O)C(CCN1CCC2(C=Cc3ccccc32)CC1)c1ccsc1)c1cc(C(F)(F)F)cc(C(F)(F)F)c1. The number of allylic oxidation sites excluding steroid dienone is 1. The molecule has 2 aliphatic rings. The van der Waals surface area contributed by atoms with Gasteiger partial charge in [0.15, 0.2) is 0 Å². The molecule has 0 bridgehead atoms. The van der Waals surface area contributed by atoms with Crippen molar-refractivity contribution in [2.75, 3.05) is 19.6 Å². The number of benzene rings is 2. The monoisotopic (exact) mass is 592 g/mol. The van der Waals surface area contributed by atoms with E-state index >= 15 is 0 Å². The number of hydrogen-bond acceptors (Lipinski definition) is 3. The van der Waals surface area contributed by atoms with Crippen molar-refractivity contribution in [1.29, 1.82) is 0 Å². The van der Waals surface area contributed by atoms with Gasteiger partial charge in [0.2, 0.25) is 5.91 Å². The van der Waals surface area contributed by atoms with Gasteiger partial charge < -0.3 is 10.2 Å². The lowest BCUT2D eigenvalue weighted by atomic mass is 9.74. The number of carbonyl (C=O) groups is 1. The zero-order valence-electron chi connectivity index (χ0n) is 22.4. The Hall–Kier alpha value is -3.11. The predicted molar refractivity (Wildman–Crippen MR) is 148 cm³/mol. The summed E-state index contributed by atoms with van der Waals surface area (Å²) in [6, 6.07) is 10.6. The Morgan fingerprint density at radius 1 is 0.976 bits per heavy atom. The van der Waals surface area contributed by atoms with Gasteiger partial charge in [-0.1, -0.05) is 36.4 Å². The molecule has 1 aliphatic heterocycles. The number of likely N-dealkylation sites (tertiary alicyclic amines) is 1. The lowest BCUT2D eigenvalue weighted by molar-refractivity contribution is -0.143. The Bertz CT molecular complexity index is 1370. The molecule has 5 rings (SSSR count). The number of nitrogens with one attached hydrogen (secondary N) is 1. The van der Waals surface area contributed by atoms with Crippen LogP contribution in [0.5, 0.6) is 0 Å². The molecule has 0 radical (unpaired) electrons. The van der Waals surface area contributed by atoms with Gasteiger partial charge in [-0.15, -0.1) is 0 Å². The van der Waals surface area contributed by atoms with Gasteiger partial charge >= 0.3 is 12.4 Å². The Balaban J connectivity index is 1.26. The molecule has 41 heavy (non-hydrogen) atoms. The Kier molecular flexibility index (Phi) is 8.09. The molecule has 1 saturated heterocycles. The van der Waals surface area contributed by atoms with E-state index in [0.717, 1.165) is 31.5 Å². The maximum absolute atomic E-state index is 13.4. The molecule has 2 unspecified atom stereocenters. The van der Waals surface area contributed by atoms with E-state index in [2.05, 4.69) is 40.6 Å². The molecule has 10 heteroatoms. The maximum Gasteiger partial charge on any atom is 0.416 e. The molecule has 2 heterocycles. The van der Waals surface area contributed by atoms with Crippen molar-refractivity contribution in [2.24, 2.45) is 0 Å². The van der Waals surface area contributed by atoms with Crippen LogP contribution in [0.2, 0.25) is 0 Å². The minimum atomic E-state index is -4.96. The van der Waals surface area contributed by atoms with Gasteiger partial charge in [0.25, 0.3) is 0 Å². The highest BCUT2D eigenvalue weighted by Crippen LogP contribution is 2.44. The molecule has 1 aliphatic carbocycles. The second-order valence-corrected chi connectivity index (χ2v) is 11.7. The van der Waals surface area contributed by atoms with Crippen molar-refractivity contribution in [2.45, 2.75) is 55.9 Å². The van der Waals surface area contributed by atoms with Crippen LogP contribution in [-0.4, -0.2) is 30.4 Å². The number of rotatable bonds is 7. The number of hydrogen-bond donors (Lipinski definition) is 1. The van der Waals surface area contributed by atoms with Gasteiger partial charge in [-0.05, 0) is 103 Å². The first-order valence-corrected chi connectivity index (χ1v) is 14.4. The minimum Gasteiger partial charge on any atom is -0.349 e. The molecular weight excluding hydrogens is 562 g/mol. The molecule has 1 spiro atoms. The zero-order valence-corrected chi connectivity index (χ0v) is 23.2. The molecule has 2 aromatic carbocycles. The summed E-state index contributed by atoms with van der Waals surface area (Å²) in [6.07, 6.45) is -3.02. The molecule has 0 saturated carbocycles. The highest BCUT2D eigenvalue weighted by Gasteiger charge is 2.39. The smallest absolute Gasteiger partial charge is 0.349 e. The first kappa shape index (κ1) is 29.4. The van der Waals surface area contributed by atoms with Crippen LogP contribution in [0.1, 0.15) is 71.5 Å². The standard InChI is InChI=1S/C31H30F6N2OS/c1-20(23-16-24(30(32,33)34)18-25(17-23)31(35,36)37)38-28(40)26(22-8-15-41-19-22)7-12-39-13-10-29(11-14-39)9-6-21-4-2-3-5-27(21)29/h2-6,8-9,15-20,26H,7,10-14H2,1H3,(H,38,40). The van der Waals surface area contributed by atoms with Gasteiger partial charge in [-0.2, -0.15) is 37.7 Å². The van der Waals surface area contributed by atoms with E-state index in [9.17, 15) is 31.1 Å². The number of halogens is 6. The number of alkyl halides is 6. The highest BCUT2D eigenvalue weighted by molar-refractivity contribution is 7.08. The van der Waals surface area contributed by atoms with Crippen molar-refractivity contribution < 1.29 is 31.1 Å².